The van der Waals surface area contributed by atoms with Crippen molar-refractivity contribution >= 4 is 23.5 Å². The van der Waals surface area contributed by atoms with Gasteiger partial charge in [-0.1, -0.05) is 0 Å². The van der Waals surface area contributed by atoms with E-state index in [0.29, 0.717) is 13.2 Å². The lowest BCUT2D eigenvalue weighted by Gasteiger charge is -2.21. The van der Waals surface area contributed by atoms with Gasteiger partial charge in [-0.3, -0.25) is 0 Å². The van der Waals surface area contributed by atoms with Crippen molar-refractivity contribution in [3.63, 3.8) is 0 Å². The van der Waals surface area contributed by atoms with E-state index in [1.807, 2.05) is 11.8 Å². The van der Waals surface area contributed by atoms with Gasteiger partial charge in [-0.15, -0.1) is 11.8 Å². The number of rotatable bonds is 8. The second kappa shape index (κ2) is 8.70. The maximum Gasteiger partial charge on any atom is 0.162 e. The van der Waals surface area contributed by atoms with E-state index in [9.17, 15) is 0 Å². The Labute approximate surface area is 130 Å². The maximum atomic E-state index is 5.66. The highest BCUT2D eigenvalue weighted by Gasteiger charge is 2.15. The molecule has 20 heavy (non-hydrogen) atoms. The first-order valence-corrected chi connectivity index (χ1v) is 9.63. The molecule has 0 atom stereocenters. The van der Waals surface area contributed by atoms with Crippen molar-refractivity contribution in [2.24, 2.45) is 0 Å². The van der Waals surface area contributed by atoms with E-state index in [-0.39, 0.29) is 0 Å². The number of benzene rings is 1. The average molecular weight is 313 g/mol. The molecular weight excluding hydrogens is 290 g/mol. The largest absolute Gasteiger partial charge is 0.486 e. The van der Waals surface area contributed by atoms with Gasteiger partial charge in [0.15, 0.2) is 11.5 Å². The van der Waals surface area contributed by atoms with Crippen LogP contribution in [0.3, 0.4) is 0 Å². The Bertz CT molecular complexity index is 427. The Balaban J connectivity index is 1.89. The van der Waals surface area contributed by atoms with Crippen LogP contribution in [0.4, 0.5) is 0 Å². The summed E-state index contributed by atoms with van der Waals surface area (Å²) in [6.07, 6.45) is 6.78. The quantitative estimate of drug-likeness (QED) is 0.587. The van der Waals surface area contributed by atoms with E-state index in [0.717, 1.165) is 24.6 Å². The third-order valence-electron chi connectivity index (χ3n) is 3.21. The maximum absolute atomic E-state index is 5.66. The summed E-state index contributed by atoms with van der Waals surface area (Å²) in [5.41, 5.74) is 1.30. The fourth-order valence-electron chi connectivity index (χ4n) is 2.16. The molecule has 0 saturated carbocycles. The summed E-state index contributed by atoms with van der Waals surface area (Å²) >= 11 is 3.68. The van der Waals surface area contributed by atoms with Gasteiger partial charge in [-0.05, 0) is 55.3 Å². The number of hydrogen-bond acceptors (Lipinski definition) is 5. The van der Waals surface area contributed by atoms with Crippen molar-refractivity contribution in [2.75, 3.05) is 38.0 Å². The Hall–Kier alpha value is -0.520. The van der Waals surface area contributed by atoms with Gasteiger partial charge in [0.2, 0.25) is 0 Å². The molecular formula is C15H23NO2S2. The van der Waals surface area contributed by atoms with Gasteiger partial charge >= 0.3 is 0 Å². The molecule has 1 N–H and O–H groups in total. The molecule has 0 aliphatic carbocycles. The minimum absolute atomic E-state index is 0.646. The summed E-state index contributed by atoms with van der Waals surface area (Å²) in [5, 5.41) is 3.52. The van der Waals surface area contributed by atoms with Crippen LogP contribution in [-0.2, 0) is 6.54 Å². The first-order valence-electron chi connectivity index (χ1n) is 7.01. The average Bonchev–Trinajstić information content (AvgIpc) is 2.50. The minimum Gasteiger partial charge on any atom is -0.486 e. The number of thioether (sulfide) groups is 2. The number of fused-ring (bicyclic) bond motifs is 1. The van der Waals surface area contributed by atoms with Crippen LogP contribution in [0.25, 0.3) is 0 Å². The van der Waals surface area contributed by atoms with Crippen LogP contribution in [-0.4, -0.2) is 38.0 Å². The smallest absolute Gasteiger partial charge is 0.162 e. The molecule has 0 spiro atoms. The molecule has 1 aliphatic rings. The fourth-order valence-corrected chi connectivity index (χ4v) is 3.27. The Morgan fingerprint density at radius 1 is 1.10 bits per heavy atom. The third kappa shape index (κ3) is 4.50. The number of ether oxygens (including phenoxy) is 2. The normalized spacial score (nSPS) is 13.5. The Morgan fingerprint density at radius 3 is 2.55 bits per heavy atom. The molecule has 1 aromatic carbocycles. The molecule has 0 amide bonds. The molecule has 5 heteroatoms. The predicted octanol–water partition coefficient (Wildman–Crippen LogP) is 3.41. The second-order valence-corrected chi connectivity index (χ2v) is 6.52. The van der Waals surface area contributed by atoms with Crippen molar-refractivity contribution in [1.29, 1.82) is 0 Å². The lowest BCUT2D eigenvalue weighted by atomic mass is 10.2. The van der Waals surface area contributed by atoms with Gasteiger partial charge in [-0.25, -0.2) is 0 Å². The fraction of sp³-hybridized carbons (Fsp3) is 0.600. The number of unbranched alkanes of at least 4 members (excludes halogenated alkanes) is 1. The lowest BCUT2D eigenvalue weighted by Crippen LogP contribution is -2.18. The zero-order valence-electron chi connectivity index (χ0n) is 12.2. The van der Waals surface area contributed by atoms with Crippen LogP contribution in [0.5, 0.6) is 11.5 Å². The summed E-state index contributed by atoms with van der Waals surface area (Å²) in [6.45, 7) is 3.26. The molecule has 0 fully saturated rings. The van der Waals surface area contributed by atoms with E-state index < -0.39 is 0 Å². The molecule has 1 aliphatic heterocycles. The first-order chi connectivity index (χ1) is 9.85. The van der Waals surface area contributed by atoms with E-state index in [2.05, 4.69) is 30.0 Å². The van der Waals surface area contributed by atoms with Crippen molar-refractivity contribution < 1.29 is 9.47 Å². The summed E-state index contributed by atoms with van der Waals surface area (Å²) in [7, 11) is 0. The van der Waals surface area contributed by atoms with Crippen LogP contribution in [0.2, 0.25) is 0 Å². The monoisotopic (exact) mass is 313 g/mol. The van der Waals surface area contributed by atoms with Gasteiger partial charge in [-0.2, -0.15) is 11.8 Å². The zero-order valence-corrected chi connectivity index (χ0v) is 13.9. The molecule has 2 rings (SSSR count). The zero-order chi connectivity index (χ0) is 14.2. The summed E-state index contributed by atoms with van der Waals surface area (Å²) in [6, 6.07) is 4.22. The Kier molecular flexibility index (Phi) is 6.90. The molecule has 1 aromatic rings. The summed E-state index contributed by atoms with van der Waals surface area (Å²) in [4.78, 5) is 1.27. The van der Waals surface area contributed by atoms with Gasteiger partial charge in [0.1, 0.15) is 13.2 Å². The van der Waals surface area contributed by atoms with Crippen molar-refractivity contribution in [3.05, 3.63) is 17.7 Å². The van der Waals surface area contributed by atoms with E-state index in [1.54, 1.807) is 11.8 Å². The molecule has 3 nitrogen and oxygen atoms in total. The predicted molar refractivity (Wildman–Crippen MR) is 88.5 cm³/mol. The van der Waals surface area contributed by atoms with Crippen molar-refractivity contribution in [3.8, 4) is 11.5 Å². The third-order valence-corrected chi connectivity index (χ3v) is 4.73. The molecule has 0 radical (unpaired) electrons. The minimum atomic E-state index is 0.646. The summed E-state index contributed by atoms with van der Waals surface area (Å²) < 4.78 is 11.3. The first kappa shape index (κ1) is 15.9. The highest BCUT2D eigenvalue weighted by molar-refractivity contribution is 7.98. The highest BCUT2D eigenvalue weighted by atomic mass is 32.2. The van der Waals surface area contributed by atoms with E-state index in [1.165, 1.54) is 29.1 Å². The topological polar surface area (TPSA) is 30.5 Å². The number of nitrogens with one attached hydrogen (secondary N) is 1. The lowest BCUT2D eigenvalue weighted by molar-refractivity contribution is 0.171. The van der Waals surface area contributed by atoms with Crippen LogP contribution in [0.1, 0.15) is 18.4 Å². The standard InChI is InChI=1S/C15H23NO2S2/c1-19-8-4-3-5-16-11-12-9-13-14(10-15(12)20-2)18-7-6-17-13/h9-10,16H,3-8,11H2,1-2H3. The highest BCUT2D eigenvalue weighted by Crippen LogP contribution is 2.36. The van der Waals surface area contributed by atoms with Crippen LogP contribution < -0.4 is 14.8 Å². The summed E-state index contributed by atoms with van der Waals surface area (Å²) in [5.74, 6) is 3.01. The second-order valence-electron chi connectivity index (χ2n) is 4.68. The van der Waals surface area contributed by atoms with Crippen molar-refractivity contribution in [1.82, 2.24) is 5.32 Å². The van der Waals surface area contributed by atoms with Crippen molar-refractivity contribution in [2.45, 2.75) is 24.3 Å². The van der Waals surface area contributed by atoms with Gasteiger partial charge in [0.25, 0.3) is 0 Å². The van der Waals surface area contributed by atoms with Crippen LogP contribution in [0.15, 0.2) is 17.0 Å². The van der Waals surface area contributed by atoms with Gasteiger partial charge in [0.05, 0.1) is 0 Å². The van der Waals surface area contributed by atoms with E-state index in [4.69, 9.17) is 9.47 Å². The molecule has 0 bridgehead atoms. The molecule has 1 heterocycles. The van der Waals surface area contributed by atoms with Gasteiger partial charge < -0.3 is 14.8 Å². The number of hydrogen-bond donors (Lipinski definition) is 1. The van der Waals surface area contributed by atoms with E-state index >= 15 is 0 Å². The molecule has 0 saturated heterocycles. The van der Waals surface area contributed by atoms with Crippen LogP contribution >= 0.6 is 23.5 Å². The van der Waals surface area contributed by atoms with Crippen LogP contribution in [0, 0.1) is 0 Å². The van der Waals surface area contributed by atoms with Gasteiger partial charge in [0, 0.05) is 11.4 Å². The Morgan fingerprint density at radius 2 is 1.85 bits per heavy atom. The molecule has 112 valence electrons. The SMILES string of the molecule is CSCCCCNCc1cc2c(cc1SC)OCCO2. The molecule has 0 unspecified atom stereocenters. The molecule has 0 aromatic heterocycles.